The zero-order valence-electron chi connectivity index (χ0n) is 15.8. The molecule has 6 heteroatoms. The number of amides is 1. The van der Waals surface area contributed by atoms with Gasteiger partial charge in [0.25, 0.3) is 5.91 Å². The summed E-state index contributed by atoms with van der Waals surface area (Å²) >= 11 is 0. The van der Waals surface area contributed by atoms with Crippen molar-refractivity contribution in [2.75, 3.05) is 0 Å². The molecule has 0 radical (unpaired) electrons. The summed E-state index contributed by atoms with van der Waals surface area (Å²) < 4.78 is 2.14. The minimum absolute atomic E-state index is 0.352. The fourth-order valence-corrected chi connectivity index (χ4v) is 3.87. The number of benzene rings is 2. The molecule has 1 amide bonds. The van der Waals surface area contributed by atoms with Gasteiger partial charge in [0.05, 0.1) is 22.2 Å². The van der Waals surface area contributed by atoms with E-state index in [9.17, 15) is 4.79 Å². The number of hydrogen-bond acceptors (Lipinski definition) is 3. The van der Waals surface area contributed by atoms with Gasteiger partial charge in [0.1, 0.15) is 5.69 Å². The molecule has 0 saturated heterocycles. The first-order chi connectivity index (χ1) is 14.2. The summed E-state index contributed by atoms with van der Waals surface area (Å²) in [6, 6.07) is 20.2. The van der Waals surface area contributed by atoms with E-state index in [0.717, 1.165) is 44.5 Å². The number of aromatic nitrogens is 3. The number of hydrazine groups is 1. The maximum atomic E-state index is 12.3. The second-order valence-corrected chi connectivity index (χ2v) is 6.99. The molecule has 0 saturated carbocycles. The van der Waals surface area contributed by atoms with E-state index >= 15 is 0 Å². The van der Waals surface area contributed by atoms with Crippen LogP contribution in [-0.2, 0) is 0 Å². The molecule has 3 heterocycles. The highest BCUT2D eigenvalue weighted by Gasteiger charge is 2.20. The van der Waals surface area contributed by atoms with Crippen molar-refractivity contribution in [1.82, 2.24) is 19.8 Å². The summed E-state index contributed by atoms with van der Waals surface area (Å²) in [4.78, 5) is 20.2. The quantitative estimate of drug-likeness (QED) is 0.250. The van der Waals surface area contributed by atoms with Crippen LogP contribution in [0, 0.1) is 6.92 Å². The molecule has 3 aromatic heterocycles. The summed E-state index contributed by atoms with van der Waals surface area (Å²) in [5.74, 6) is 5.02. The number of carbonyl (C=O) groups excluding carboxylic acids is 1. The summed E-state index contributed by atoms with van der Waals surface area (Å²) in [6.07, 6.45) is 3.87. The van der Waals surface area contributed by atoms with Gasteiger partial charge in [0.2, 0.25) is 0 Å². The molecule has 29 heavy (non-hydrogen) atoms. The maximum absolute atomic E-state index is 12.3. The lowest BCUT2D eigenvalue weighted by atomic mass is 10.0. The molecule has 5 rings (SSSR count). The second kappa shape index (κ2) is 6.61. The van der Waals surface area contributed by atoms with Gasteiger partial charge in [-0.05, 0) is 30.7 Å². The highest BCUT2D eigenvalue weighted by atomic mass is 16.2. The van der Waals surface area contributed by atoms with Crippen molar-refractivity contribution in [2.24, 2.45) is 5.84 Å². The Kier molecular flexibility index (Phi) is 3.93. The van der Waals surface area contributed by atoms with Crippen LogP contribution in [0.25, 0.3) is 38.9 Å². The molecule has 0 aliphatic carbocycles. The monoisotopic (exact) mass is 381 g/mol. The minimum atomic E-state index is -0.352. The molecule has 6 nitrogen and oxygen atoms in total. The van der Waals surface area contributed by atoms with Crippen LogP contribution in [0.1, 0.15) is 16.1 Å². The maximum Gasteiger partial charge on any atom is 0.282 e. The number of nitrogens with zero attached hydrogens (tertiary/aromatic N) is 2. The number of fused-ring (bicyclic) bond motifs is 3. The molecule has 0 fully saturated rings. The van der Waals surface area contributed by atoms with Crippen molar-refractivity contribution in [3.8, 4) is 22.4 Å². The Morgan fingerprint density at radius 1 is 1.03 bits per heavy atom. The molecule has 0 aliphatic rings. The number of aromatic amines is 1. The van der Waals surface area contributed by atoms with E-state index < -0.39 is 0 Å². The van der Waals surface area contributed by atoms with Crippen molar-refractivity contribution in [1.29, 1.82) is 0 Å². The predicted molar refractivity (Wildman–Crippen MR) is 114 cm³/mol. The van der Waals surface area contributed by atoms with Crippen molar-refractivity contribution in [2.45, 2.75) is 6.92 Å². The van der Waals surface area contributed by atoms with Crippen molar-refractivity contribution in [3.05, 3.63) is 84.3 Å². The highest BCUT2D eigenvalue weighted by Crippen LogP contribution is 2.34. The minimum Gasteiger partial charge on any atom is -0.356 e. The molecule has 0 spiro atoms. The summed E-state index contributed by atoms with van der Waals surface area (Å²) in [6.45, 7) is 1.97. The largest absolute Gasteiger partial charge is 0.356 e. The van der Waals surface area contributed by atoms with Crippen LogP contribution in [0.4, 0.5) is 0 Å². The number of carbonyl (C=O) groups is 1. The Bertz CT molecular complexity index is 1360. The van der Waals surface area contributed by atoms with E-state index in [2.05, 4.69) is 39.2 Å². The third-order valence-electron chi connectivity index (χ3n) is 5.21. The summed E-state index contributed by atoms with van der Waals surface area (Å²) in [5.41, 5.74) is 10.2. The Balaban J connectivity index is 1.85. The molecule has 142 valence electrons. The smallest absolute Gasteiger partial charge is 0.282 e. The molecule has 2 aromatic carbocycles. The molecular formula is C23H19N5O. The summed E-state index contributed by atoms with van der Waals surface area (Å²) in [7, 11) is 0. The first kappa shape index (κ1) is 17.2. The lowest BCUT2D eigenvalue weighted by Gasteiger charge is -2.08. The van der Waals surface area contributed by atoms with E-state index in [1.54, 1.807) is 0 Å². The van der Waals surface area contributed by atoms with E-state index in [4.69, 9.17) is 10.8 Å². The van der Waals surface area contributed by atoms with Gasteiger partial charge in [-0.15, -0.1) is 0 Å². The van der Waals surface area contributed by atoms with Gasteiger partial charge >= 0.3 is 0 Å². The first-order valence-corrected chi connectivity index (χ1v) is 9.33. The number of nitrogens with two attached hydrogens (primary N) is 1. The van der Waals surface area contributed by atoms with Crippen LogP contribution in [0.3, 0.4) is 0 Å². The fraction of sp³-hybridized carbons (Fsp3) is 0.0435. The fourth-order valence-electron chi connectivity index (χ4n) is 3.87. The average molecular weight is 381 g/mol. The topological polar surface area (TPSA) is 88.2 Å². The second-order valence-electron chi connectivity index (χ2n) is 6.99. The lowest BCUT2D eigenvalue weighted by molar-refractivity contribution is 0.0950. The van der Waals surface area contributed by atoms with Gasteiger partial charge in [-0.2, -0.15) is 0 Å². The van der Waals surface area contributed by atoms with E-state index in [-0.39, 0.29) is 5.91 Å². The van der Waals surface area contributed by atoms with Crippen LogP contribution >= 0.6 is 0 Å². The molecule has 4 N–H and O–H groups in total. The van der Waals surface area contributed by atoms with Crippen LogP contribution in [-0.4, -0.2) is 20.3 Å². The lowest BCUT2D eigenvalue weighted by Crippen LogP contribution is -2.30. The predicted octanol–water partition coefficient (Wildman–Crippen LogP) is 4.06. The zero-order chi connectivity index (χ0) is 20.0. The molecule has 5 aromatic rings. The Morgan fingerprint density at radius 3 is 2.59 bits per heavy atom. The standard InChI is InChI=1S/C23H19N5O/c1-14-12-25-22(23(29)27-24)20(14)16-11-19-21(15-7-3-2-4-8-15)26-17-9-5-6-10-18(17)28(19)13-16/h2-13,25H,24H2,1H3,(H,27,29). The normalized spacial score (nSPS) is 11.2. The van der Waals surface area contributed by atoms with Crippen LogP contribution in [0.15, 0.2) is 73.1 Å². The first-order valence-electron chi connectivity index (χ1n) is 9.33. The van der Waals surface area contributed by atoms with Gasteiger partial charge in [-0.25, -0.2) is 10.8 Å². The average Bonchev–Trinajstić information content (AvgIpc) is 3.37. The number of H-pyrrole nitrogens is 1. The van der Waals surface area contributed by atoms with E-state index in [1.807, 2.05) is 55.6 Å². The van der Waals surface area contributed by atoms with Crippen molar-refractivity contribution >= 4 is 22.5 Å². The molecular weight excluding hydrogens is 362 g/mol. The van der Waals surface area contributed by atoms with E-state index in [0.29, 0.717) is 5.69 Å². The number of aryl methyl sites for hydroxylation is 1. The SMILES string of the molecule is Cc1c[nH]c(C(=O)NN)c1-c1cc2c(-c3ccccc3)nc3ccccc3n2c1. The molecule has 0 unspecified atom stereocenters. The van der Waals surface area contributed by atoms with Crippen LogP contribution in [0.2, 0.25) is 0 Å². The number of para-hydroxylation sites is 2. The van der Waals surface area contributed by atoms with Crippen molar-refractivity contribution in [3.63, 3.8) is 0 Å². The Morgan fingerprint density at radius 2 is 1.79 bits per heavy atom. The number of hydrogen-bond donors (Lipinski definition) is 3. The third-order valence-corrected chi connectivity index (χ3v) is 5.21. The van der Waals surface area contributed by atoms with Gasteiger partial charge in [-0.3, -0.25) is 10.2 Å². The van der Waals surface area contributed by atoms with Crippen molar-refractivity contribution < 1.29 is 4.79 Å². The number of nitrogens with one attached hydrogen (secondary N) is 2. The molecule has 0 bridgehead atoms. The highest BCUT2D eigenvalue weighted by molar-refractivity contribution is 6.01. The van der Waals surface area contributed by atoms with Gasteiger partial charge in [0.15, 0.2) is 0 Å². The Hall–Kier alpha value is -3.90. The van der Waals surface area contributed by atoms with Crippen LogP contribution < -0.4 is 11.3 Å². The van der Waals surface area contributed by atoms with Gasteiger partial charge in [-0.1, -0.05) is 42.5 Å². The van der Waals surface area contributed by atoms with Crippen LogP contribution in [0.5, 0.6) is 0 Å². The summed E-state index contributed by atoms with van der Waals surface area (Å²) in [5, 5.41) is 0. The molecule has 0 aliphatic heterocycles. The van der Waals surface area contributed by atoms with Gasteiger partial charge in [0, 0.05) is 29.1 Å². The number of rotatable bonds is 3. The van der Waals surface area contributed by atoms with Gasteiger partial charge < -0.3 is 9.38 Å². The van der Waals surface area contributed by atoms with E-state index in [1.165, 1.54) is 0 Å². The molecule has 0 atom stereocenters. The third kappa shape index (κ3) is 2.69. The number of nitrogen functional groups attached to an aromatic ring is 1. The Labute approximate surface area is 167 Å². The zero-order valence-corrected chi connectivity index (χ0v) is 15.8.